The molecular weight excluding hydrogens is 294 g/mol. The summed E-state index contributed by atoms with van der Waals surface area (Å²) in [5.41, 5.74) is 0.730. The Kier molecular flexibility index (Phi) is 5.16. The second-order valence-corrected chi connectivity index (χ2v) is 6.50. The van der Waals surface area contributed by atoms with Crippen LogP contribution in [0.2, 0.25) is 0 Å². The molecule has 0 atom stereocenters. The molecule has 1 aromatic carbocycles. The van der Waals surface area contributed by atoms with Gasteiger partial charge in [0.05, 0.1) is 18.1 Å². The Morgan fingerprint density at radius 1 is 1.33 bits per heavy atom. The largest absolute Gasteiger partial charge is 0.378 e. The molecule has 116 valence electrons. The zero-order chi connectivity index (χ0) is 15.3. The molecule has 7 nitrogen and oxygen atoms in total. The summed E-state index contributed by atoms with van der Waals surface area (Å²) in [6, 6.07) is 6.32. The summed E-state index contributed by atoms with van der Waals surface area (Å²) in [5, 5.41) is 2.78. The number of nitrogens with one attached hydrogen (secondary N) is 2. The molecule has 0 aliphatic carbocycles. The van der Waals surface area contributed by atoms with Gasteiger partial charge in [0, 0.05) is 19.6 Å². The Hall–Kier alpha value is -1.64. The van der Waals surface area contributed by atoms with Crippen molar-refractivity contribution in [3.05, 3.63) is 29.8 Å². The Labute approximate surface area is 124 Å². The Morgan fingerprint density at radius 3 is 2.71 bits per heavy atom. The average molecular weight is 313 g/mol. The molecule has 1 heterocycles. The molecule has 1 aliphatic heterocycles. The van der Waals surface area contributed by atoms with Crippen molar-refractivity contribution >= 4 is 16.1 Å². The van der Waals surface area contributed by atoms with Gasteiger partial charge in [-0.05, 0) is 24.7 Å². The number of morpholine rings is 1. The number of ether oxygens (including phenoxy) is 1. The summed E-state index contributed by atoms with van der Waals surface area (Å²) in [5.74, 6) is 0. The first-order chi connectivity index (χ1) is 10.0. The molecule has 0 radical (unpaired) electrons. The molecule has 0 aromatic heterocycles. The predicted octanol–water partition coefficient (Wildman–Crippen LogP) is 0.137. The zero-order valence-electron chi connectivity index (χ0n) is 11.8. The topological polar surface area (TPSA) is 87.7 Å². The van der Waals surface area contributed by atoms with Crippen LogP contribution in [0.1, 0.15) is 5.56 Å². The first-order valence-corrected chi connectivity index (χ1v) is 8.14. The summed E-state index contributed by atoms with van der Waals surface area (Å²) >= 11 is 0. The lowest BCUT2D eigenvalue weighted by Crippen LogP contribution is -2.45. The van der Waals surface area contributed by atoms with Crippen LogP contribution in [0, 0.1) is 0 Å². The molecular formula is C13H19N3O4S. The van der Waals surface area contributed by atoms with E-state index in [1.807, 2.05) is 0 Å². The quantitative estimate of drug-likeness (QED) is 0.827. The van der Waals surface area contributed by atoms with E-state index in [4.69, 9.17) is 4.74 Å². The molecule has 0 spiro atoms. The number of urea groups is 1. The number of carbonyl (C=O) groups is 1. The van der Waals surface area contributed by atoms with Gasteiger partial charge in [-0.1, -0.05) is 12.1 Å². The average Bonchev–Trinajstić information content (AvgIpc) is 2.53. The maximum atomic E-state index is 11.9. The highest BCUT2D eigenvalue weighted by Crippen LogP contribution is 2.11. The third-order valence-electron chi connectivity index (χ3n) is 3.22. The first-order valence-electron chi connectivity index (χ1n) is 6.66. The van der Waals surface area contributed by atoms with Gasteiger partial charge in [0.15, 0.2) is 0 Å². The molecule has 2 N–H and O–H groups in total. The van der Waals surface area contributed by atoms with Gasteiger partial charge in [0.1, 0.15) is 0 Å². The van der Waals surface area contributed by atoms with Crippen LogP contribution in [0.3, 0.4) is 0 Å². The van der Waals surface area contributed by atoms with Crippen LogP contribution in [0.4, 0.5) is 4.79 Å². The van der Waals surface area contributed by atoms with Crippen LogP contribution >= 0.6 is 0 Å². The van der Waals surface area contributed by atoms with E-state index in [0.29, 0.717) is 26.3 Å². The Morgan fingerprint density at radius 2 is 2.05 bits per heavy atom. The maximum Gasteiger partial charge on any atom is 0.317 e. The minimum atomic E-state index is -3.47. The second-order valence-electron chi connectivity index (χ2n) is 4.61. The molecule has 0 bridgehead atoms. The zero-order valence-corrected chi connectivity index (χ0v) is 12.6. The maximum absolute atomic E-state index is 11.9. The van der Waals surface area contributed by atoms with Crippen molar-refractivity contribution in [1.82, 2.24) is 14.9 Å². The molecule has 2 amide bonds. The van der Waals surface area contributed by atoms with Crippen LogP contribution in [0.5, 0.6) is 0 Å². The number of hydrogen-bond donors (Lipinski definition) is 2. The lowest BCUT2D eigenvalue weighted by atomic mass is 10.2. The molecule has 8 heteroatoms. The fraction of sp³-hybridized carbons (Fsp3) is 0.462. The van der Waals surface area contributed by atoms with Gasteiger partial charge >= 0.3 is 6.03 Å². The van der Waals surface area contributed by atoms with Crippen LogP contribution in [0.25, 0.3) is 0 Å². The smallest absolute Gasteiger partial charge is 0.317 e. The van der Waals surface area contributed by atoms with Crippen molar-refractivity contribution < 1.29 is 17.9 Å². The molecule has 2 rings (SSSR count). The van der Waals surface area contributed by atoms with Crippen LogP contribution in [-0.4, -0.2) is 52.7 Å². The third kappa shape index (κ3) is 4.16. The number of nitrogens with zero attached hydrogens (tertiary/aromatic N) is 1. The van der Waals surface area contributed by atoms with E-state index >= 15 is 0 Å². The predicted molar refractivity (Wildman–Crippen MR) is 77.3 cm³/mol. The van der Waals surface area contributed by atoms with Crippen molar-refractivity contribution in [2.24, 2.45) is 0 Å². The van der Waals surface area contributed by atoms with Crippen LogP contribution in [0.15, 0.2) is 29.2 Å². The standard InChI is InChI=1S/C13H19N3O4S/c1-14-21(18,19)12-4-2-3-11(9-12)10-15-13(17)16-5-7-20-8-6-16/h2-4,9,14H,5-8,10H2,1H3,(H,15,17). The summed E-state index contributed by atoms with van der Waals surface area (Å²) in [7, 11) is -2.11. The highest BCUT2D eigenvalue weighted by molar-refractivity contribution is 7.89. The van der Waals surface area contributed by atoms with Gasteiger partial charge in [-0.15, -0.1) is 0 Å². The van der Waals surface area contributed by atoms with E-state index in [1.54, 1.807) is 23.1 Å². The summed E-state index contributed by atoms with van der Waals surface area (Å²) < 4.78 is 30.9. The van der Waals surface area contributed by atoms with Gasteiger partial charge < -0.3 is 15.0 Å². The lowest BCUT2D eigenvalue weighted by Gasteiger charge is -2.26. The lowest BCUT2D eigenvalue weighted by molar-refractivity contribution is 0.0531. The first kappa shape index (κ1) is 15.7. The fourth-order valence-electron chi connectivity index (χ4n) is 2.00. The number of amides is 2. The molecule has 0 saturated carbocycles. The van der Waals surface area contributed by atoms with Crippen LogP contribution in [-0.2, 0) is 21.3 Å². The molecule has 1 aromatic rings. The molecule has 1 saturated heterocycles. The van der Waals surface area contributed by atoms with Crippen LogP contribution < -0.4 is 10.0 Å². The normalized spacial score (nSPS) is 15.8. The molecule has 21 heavy (non-hydrogen) atoms. The summed E-state index contributed by atoms with van der Waals surface area (Å²) in [6.45, 7) is 2.51. The van der Waals surface area contributed by atoms with Gasteiger partial charge in [0.25, 0.3) is 0 Å². The van der Waals surface area contributed by atoms with Crippen molar-refractivity contribution in [2.45, 2.75) is 11.4 Å². The van der Waals surface area contributed by atoms with Crippen molar-refractivity contribution in [2.75, 3.05) is 33.4 Å². The van der Waals surface area contributed by atoms with E-state index in [1.165, 1.54) is 13.1 Å². The highest BCUT2D eigenvalue weighted by Gasteiger charge is 2.16. The Balaban J connectivity index is 1.97. The molecule has 1 fully saturated rings. The van der Waals surface area contributed by atoms with Gasteiger partial charge in [-0.25, -0.2) is 17.9 Å². The Bertz CT molecular complexity index is 597. The molecule has 1 aliphatic rings. The van der Waals surface area contributed by atoms with Gasteiger partial charge in [-0.3, -0.25) is 0 Å². The SMILES string of the molecule is CNS(=O)(=O)c1cccc(CNC(=O)N2CCOCC2)c1. The van der Waals surface area contributed by atoms with Crippen molar-refractivity contribution in [3.8, 4) is 0 Å². The number of hydrogen-bond acceptors (Lipinski definition) is 4. The summed E-state index contributed by atoms with van der Waals surface area (Å²) in [6.07, 6.45) is 0. The van der Waals surface area contributed by atoms with Gasteiger partial charge in [0.2, 0.25) is 10.0 Å². The van der Waals surface area contributed by atoms with Gasteiger partial charge in [-0.2, -0.15) is 0 Å². The third-order valence-corrected chi connectivity index (χ3v) is 4.63. The van der Waals surface area contributed by atoms with Crippen molar-refractivity contribution in [3.63, 3.8) is 0 Å². The number of sulfonamides is 1. The fourth-order valence-corrected chi connectivity index (χ4v) is 2.80. The van der Waals surface area contributed by atoms with Crippen molar-refractivity contribution in [1.29, 1.82) is 0 Å². The minimum Gasteiger partial charge on any atom is -0.378 e. The van der Waals surface area contributed by atoms with E-state index in [2.05, 4.69) is 10.0 Å². The highest BCUT2D eigenvalue weighted by atomic mass is 32.2. The van der Waals surface area contributed by atoms with E-state index in [0.717, 1.165) is 5.56 Å². The number of benzene rings is 1. The number of carbonyl (C=O) groups excluding carboxylic acids is 1. The number of rotatable bonds is 4. The second kappa shape index (κ2) is 6.88. The van der Waals surface area contributed by atoms with E-state index in [-0.39, 0.29) is 17.5 Å². The van der Waals surface area contributed by atoms with E-state index < -0.39 is 10.0 Å². The monoisotopic (exact) mass is 313 g/mol. The minimum absolute atomic E-state index is 0.167. The summed E-state index contributed by atoms with van der Waals surface area (Å²) in [4.78, 5) is 13.8. The molecule has 0 unspecified atom stereocenters. The van der Waals surface area contributed by atoms with E-state index in [9.17, 15) is 13.2 Å².